The number of Topliss-reactive ketones (excluding diaryl/α,β-unsaturated/α-hetero) is 1. The minimum atomic E-state index is 0.0333. The average Bonchev–Trinajstić information content (AvgIpc) is 3.02. The third-order valence-electron chi connectivity index (χ3n) is 3.39. The largest absolute Gasteiger partial charge is 0.293 e. The van der Waals surface area contributed by atoms with Gasteiger partial charge in [-0.1, -0.05) is 41.6 Å². The fourth-order valence-electron chi connectivity index (χ4n) is 2.17. The summed E-state index contributed by atoms with van der Waals surface area (Å²) in [5.41, 5.74) is 2.78. The smallest absolute Gasteiger partial charge is 0.196 e. The average molecular weight is 344 g/mol. The molecule has 0 unspecified atom stereocenters. The molecule has 3 rings (SSSR count). The van der Waals surface area contributed by atoms with E-state index in [4.69, 9.17) is 11.6 Å². The molecule has 0 aliphatic heterocycles. The zero-order valence-electron chi connectivity index (χ0n) is 12.4. The highest BCUT2D eigenvalue weighted by Crippen LogP contribution is 2.22. The number of carbonyl (C=O) groups excluding carboxylic acids is 1. The van der Waals surface area contributed by atoms with Crippen molar-refractivity contribution in [1.82, 2.24) is 14.8 Å². The lowest BCUT2D eigenvalue weighted by Crippen LogP contribution is -2.04. The van der Waals surface area contributed by atoms with Crippen molar-refractivity contribution >= 4 is 29.1 Å². The zero-order chi connectivity index (χ0) is 16.2. The number of rotatable bonds is 5. The van der Waals surface area contributed by atoms with Crippen molar-refractivity contribution < 1.29 is 4.79 Å². The number of aryl methyl sites for hydroxylation is 1. The second kappa shape index (κ2) is 6.98. The van der Waals surface area contributed by atoms with Crippen molar-refractivity contribution in [2.75, 3.05) is 5.75 Å². The maximum Gasteiger partial charge on any atom is 0.196 e. The zero-order valence-corrected chi connectivity index (χ0v) is 14.0. The van der Waals surface area contributed by atoms with Crippen molar-refractivity contribution in [3.05, 3.63) is 71.0 Å². The SMILES string of the molecule is Cc1ccccc1-n1cnnc1SCC(=O)c1ccc(Cl)cc1. The highest BCUT2D eigenvalue weighted by Gasteiger charge is 2.12. The summed E-state index contributed by atoms with van der Waals surface area (Å²) in [5, 5.41) is 9.40. The van der Waals surface area contributed by atoms with Crippen molar-refractivity contribution in [1.29, 1.82) is 0 Å². The molecule has 3 aromatic rings. The number of ketones is 1. The van der Waals surface area contributed by atoms with E-state index < -0.39 is 0 Å². The summed E-state index contributed by atoms with van der Waals surface area (Å²) in [5.74, 6) is 0.331. The first kappa shape index (κ1) is 15.8. The Kier molecular flexibility index (Phi) is 4.79. The van der Waals surface area contributed by atoms with Crippen molar-refractivity contribution in [2.45, 2.75) is 12.1 Å². The van der Waals surface area contributed by atoms with E-state index in [0.29, 0.717) is 21.5 Å². The molecule has 0 fully saturated rings. The van der Waals surface area contributed by atoms with E-state index in [1.165, 1.54) is 11.8 Å². The van der Waals surface area contributed by atoms with Gasteiger partial charge in [0.1, 0.15) is 6.33 Å². The van der Waals surface area contributed by atoms with Gasteiger partial charge in [-0.05, 0) is 42.8 Å². The summed E-state index contributed by atoms with van der Waals surface area (Å²) in [6.45, 7) is 2.03. The maximum atomic E-state index is 12.2. The lowest BCUT2D eigenvalue weighted by Gasteiger charge is -2.08. The number of carbonyl (C=O) groups is 1. The molecule has 0 N–H and O–H groups in total. The Balaban J connectivity index is 1.75. The van der Waals surface area contributed by atoms with Crippen LogP contribution >= 0.6 is 23.4 Å². The highest BCUT2D eigenvalue weighted by atomic mass is 35.5. The normalized spacial score (nSPS) is 10.7. The number of hydrogen-bond acceptors (Lipinski definition) is 4. The number of halogens is 1. The minimum Gasteiger partial charge on any atom is -0.293 e. The monoisotopic (exact) mass is 343 g/mol. The van der Waals surface area contributed by atoms with Gasteiger partial charge in [0, 0.05) is 10.6 Å². The van der Waals surface area contributed by atoms with Gasteiger partial charge in [0.05, 0.1) is 11.4 Å². The molecule has 0 aliphatic rings. The van der Waals surface area contributed by atoms with Gasteiger partial charge >= 0.3 is 0 Å². The van der Waals surface area contributed by atoms with Crippen molar-refractivity contribution in [3.8, 4) is 5.69 Å². The molecule has 0 saturated carbocycles. The minimum absolute atomic E-state index is 0.0333. The standard InChI is InChI=1S/C17H14ClN3OS/c1-12-4-2-3-5-15(12)21-11-19-20-17(21)23-10-16(22)13-6-8-14(18)9-7-13/h2-9,11H,10H2,1H3. The number of thioether (sulfide) groups is 1. The summed E-state index contributed by atoms with van der Waals surface area (Å²) in [6, 6.07) is 14.9. The number of para-hydroxylation sites is 1. The van der Waals surface area contributed by atoms with Gasteiger partial charge in [0.15, 0.2) is 10.9 Å². The van der Waals surface area contributed by atoms with Gasteiger partial charge < -0.3 is 0 Å². The molecular formula is C17H14ClN3OS. The summed E-state index contributed by atoms with van der Waals surface area (Å²) in [7, 11) is 0. The van der Waals surface area contributed by atoms with E-state index in [9.17, 15) is 4.79 Å². The lowest BCUT2D eigenvalue weighted by molar-refractivity contribution is 0.102. The Morgan fingerprint density at radius 1 is 1.17 bits per heavy atom. The third-order valence-corrected chi connectivity index (χ3v) is 4.59. The van der Waals surface area contributed by atoms with Crippen LogP contribution in [-0.4, -0.2) is 26.3 Å². The molecule has 0 saturated heterocycles. The molecule has 0 bridgehead atoms. The van der Waals surface area contributed by atoms with Crippen LogP contribution in [0.1, 0.15) is 15.9 Å². The fourth-order valence-corrected chi connectivity index (χ4v) is 3.11. The van der Waals surface area contributed by atoms with Crippen LogP contribution < -0.4 is 0 Å². The number of hydrogen-bond donors (Lipinski definition) is 0. The molecule has 1 heterocycles. The molecule has 1 aromatic heterocycles. The van der Waals surface area contributed by atoms with E-state index in [2.05, 4.69) is 10.2 Å². The first-order chi connectivity index (χ1) is 11.1. The Morgan fingerprint density at radius 3 is 2.65 bits per heavy atom. The first-order valence-corrected chi connectivity index (χ1v) is 8.39. The molecule has 0 radical (unpaired) electrons. The predicted octanol–water partition coefficient (Wildman–Crippen LogP) is 4.20. The molecule has 0 atom stereocenters. The van der Waals surface area contributed by atoms with E-state index in [-0.39, 0.29) is 5.78 Å². The van der Waals surface area contributed by atoms with Gasteiger partial charge in [-0.3, -0.25) is 9.36 Å². The van der Waals surface area contributed by atoms with E-state index in [1.807, 2.05) is 35.8 Å². The molecule has 2 aromatic carbocycles. The molecule has 0 aliphatic carbocycles. The van der Waals surface area contributed by atoms with Crippen LogP contribution in [-0.2, 0) is 0 Å². The lowest BCUT2D eigenvalue weighted by atomic mass is 10.1. The molecular weight excluding hydrogens is 330 g/mol. The number of nitrogens with zero attached hydrogens (tertiary/aromatic N) is 3. The Morgan fingerprint density at radius 2 is 1.91 bits per heavy atom. The van der Waals surface area contributed by atoms with Crippen LogP contribution in [0.2, 0.25) is 5.02 Å². The van der Waals surface area contributed by atoms with E-state index in [0.717, 1.165) is 11.3 Å². The topological polar surface area (TPSA) is 47.8 Å². The van der Waals surface area contributed by atoms with Crippen LogP contribution in [0.3, 0.4) is 0 Å². The van der Waals surface area contributed by atoms with Crippen LogP contribution in [0.25, 0.3) is 5.69 Å². The third kappa shape index (κ3) is 3.63. The van der Waals surface area contributed by atoms with Gasteiger partial charge in [-0.25, -0.2) is 0 Å². The van der Waals surface area contributed by atoms with Crippen LogP contribution in [0.15, 0.2) is 60.0 Å². The van der Waals surface area contributed by atoms with Gasteiger partial charge in [0.2, 0.25) is 0 Å². The summed E-state index contributed by atoms with van der Waals surface area (Å²) < 4.78 is 1.90. The summed E-state index contributed by atoms with van der Waals surface area (Å²) >= 11 is 7.21. The number of aromatic nitrogens is 3. The van der Waals surface area contributed by atoms with Crippen LogP contribution in [0.4, 0.5) is 0 Å². The van der Waals surface area contributed by atoms with E-state index in [1.54, 1.807) is 30.6 Å². The van der Waals surface area contributed by atoms with Crippen LogP contribution in [0, 0.1) is 6.92 Å². The molecule has 4 nitrogen and oxygen atoms in total. The predicted molar refractivity (Wildman–Crippen MR) is 92.6 cm³/mol. The molecule has 116 valence electrons. The molecule has 6 heteroatoms. The van der Waals surface area contributed by atoms with E-state index >= 15 is 0 Å². The number of benzene rings is 2. The van der Waals surface area contributed by atoms with Gasteiger partial charge in [-0.15, -0.1) is 10.2 Å². The maximum absolute atomic E-state index is 12.2. The highest BCUT2D eigenvalue weighted by molar-refractivity contribution is 7.99. The molecule has 0 spiro atoms. The van der Waals surface area contributed by atoms with Crippen molar-refractivity contribution in [2.24, 2.45) is 0 Å². The van der Waals surface area contributed by atoms with Crippen LogP contribution in [0.5, 0.6) is 0 Å². The summed E-state index contributed by atoms with van der Waals surface area (Å²) in [4.78, 5) is 12.2. The van der Waals surface area contributed by atoms with Gasteiger partial charge in [-0.2, -0.15) is 0 Å². The van der Waals surface area contributed by atoms with Gasteiger partial charge in [0.25, 0.3) is 0 Å². The Bertz CT molecular complexity index is 830. The van der Waals surface area contributed by atoms with Crippen molar-refractivity contribution in [3.63, 3.8) is 0 Å². The molecule has 23 heavy (non-hydrogen) atoms. The second-order valence-corrected chi connectivity index (χ2v) is 6.37. The second-order valence-electron chi connectivity index (χ2n) is 4.99. The Labute approximate surface area is 143 Å². The summed E-state index contributed by atoms with van der Waals surface area (Å²) in [6.07, 6.45) is 1.66. The Hall–Kier alpha value is -2.11. The quantitative estimate of drug-likeness (QED) is 0.514. The molecule has 0 amide bonds. The fraction of sp³-hybridized carbons (Fsp3) is 0.118. The first-order valence-electron chi connectivity index (χ1n) is 7.03.